The van der Waals surface area contributed by atoms with E-state index in [-0.39, 0.29) is 36.8 Å². The number of hydrogen-bond acceptors (Lipinski definition) is 4. The lowest BCUT2D eigenvalue weighted by molar-refractivity contribution is -0.274. The van der Waals surface area contributed by atoms with E-state index in [1.807, 2.05) is 6.07 Å². The number of benzene rings is 3. The quantitative estimate of drug-likeness (QED) is 0.278. The van der Waals surface area contributed by atoms with E-state index in [2.05, 4.69) is 10.1 Å². The Morgan fingerprint density at radius 3 is 2.31 bits per heavy atom. The van der Waals surface area contributed by atoms with Gasteiger partial charge in [-0.1, -0.05) is 35.9 Å². The molecule has 0 bridgehead atoms. The third kappa shape index (κ3) is 7.90. The van der Waals surface area contributed by atoms with Gasteiger partial charge in [0.25, 0.3) is 5.91 Å². The monoisotopic (exact) mass is 505 g/mol. The lowest BCUT2D eigenvalue weighted by Crippen LogP contribution is -2.33. The van der Waals surface area contributed by atoms with Gasteiger partial charge in [-0.05, 0) is 60.0 Å². The van der Waals surface area contributed by atoms with Crippen LogP contribution < -0.4 is 10.1 Å². The van der Waals surface area contributed by atoms with Crippen molar-refractivity contribution in [1.82, 2.24) is 4.90 Å². The predicted octanol–water partition coefficient (Wildman–Crippen LogP) is 6.20. The zero-order valence-electron chi connectivity index (χ0n) is 18.3. The first-order valence-corrected chi connectivity index (χ1v) is 10.8. The highest BCUT2D eigenvalue weighted by Gasteiger charge is 2.31. The van der Waals surface area contributed by atoms with Gasteiger partial charge in [0, 0.05) is 23.8 Å². The van der Waals surface area contributed by atoms with E-state index in [1.54, 1.807) is 24.3 Å². The van der Waals surface area contributed by atoms with Crippen molar-refractivity contribution in [2.24, 2.45) is 0 Å². The summed E-state index contributed by atoms with van der Waals surface area (Å²) in [5.41, 5.74) is 2.03. The molecule has 3 rings (SSSR count). The van der Waals surface area contributed by atoms with Gasteiger partial charge in [0.1, 0.15) is 18.1 Å². The number of nitrogens with zero attached hydrogens (tertiary/aromatic N) is 2. The fourth-order valence-corrected chi connectivity index (χ4v) is 3.51. The Morgan fingerprint density at radius 2 is 1.69 bits per heavy atom. The number of carbonyl (C=O) groups excluding carboxylic acids is 1. The highest BCUT2D eigenvalue weighted by Crippen LogP contribution is 2.25. The second-order valence-electron chi connectivity index (χ2n) is 7.50. The molecular formula is C25H20ClF4N3O2. The van der Waals surface area contributed by atoms with Crippen molar-refractivity contribution < 1.29 is 27.1 Å². The normalized spacial score (nSPS) is 11.0. The van der Waals surface area contributed by atoms with Crippen molar-refractivity contribution in [3.8, 4) is 11.8 Å². The molecule has 1 amide bonds. The van der Waals surface area contributed by atoms with Crippen molar-refractivity contribution >= 4 is 23.2 Å². The van der Waals surface area contributed by atoms with Crippen LogP contribution in [0, 0.1) is 17.1 Å². The van der Waals surface area contributed by atoms with Crippen LogP contribution in [-0.4, -0.2) is 30.3 Å². The van der Waals surface area contributed by atoms with E-state index in [1.165, 1.54) is 47.4 Å². The lowest BCUT2D eigenvalue weighted by Gasteiger charge is -2.25. The number of nitriles is 1. The van der Waals surface area contributed by atoms with E-state index in [9.17, 15) is 22.4 Å². The second-order valence-corrected chi connectivity index (χ2v) is 7.93. The van der Waals surface area contributed by atoms with Gasteiger partial charge in [-0.2, -0.15) is 5.26 Å². The van der Waals surface area contributed by atoms with Gasteiger partial charge in [-0.3, -0.25) is 4.79 Å². The topological polar surface area (TPSA) is 65.4 Å². The zero-order chi connectivity index (χ0) is 25.4. The van der Waals surface area contributed by atoms with Crippen molar-refractivity contribution in [1.29, 1.82) is 5.26 Å². The summed E-state index contributed by atoms with van der Waals surface area (Å²) in [5, 5.41) is 12.1. The summed E-state index contributed by atoms with van der Waals surface area (Å²) < 4.78 is 54.5. The van der Waals surface area contributed by atoms with E-state index < -0.39 is 12.3 Å². The Kier molecular flexibility index (Phi) is 8.55. The largest absolute Gasteiger partial charge is 0.573 e. The molecule has 0 saturated carbocycles. The Bertz CT molecular complexity index is 1190. The molecule has 0 atom stereocenters. The van der Waals surface area contributed by atoms with Crippen LogP contribution in [0.1, 0.15) is 21.5 Å². The second kappa shape index (κ2) is 11.6. The summed E-state index contributed by atoms with van der Waals surface area (Å²) in [4.78, 5) is 15.0. The molecule has 0 radical (unpaired) electrons. The van der Waals surface area contributed by atoms with Crippen LogP contribution in [0.3, 0.4) is 0 Å². The molecule has 0 aliphatic rings. The van der Waals surface area contributed by atoms with E-state index >= 15 is 0 Å². The third-order valence-electron chi connectivity index (χ3n) is 4.97. The van der Waals surface area contributed by atoms with E-state index in [0.717, 1.165) is 5.56 Å². The first kappa shape index (κ1) is 25.8. The van der Waals surface area contributed by atoms with Gasteiger partial charge in [0.2, 0.25) is 0 Å². The molecule has 3 aromatic rings. The van der Waals surface area contributed by atoms with Crippen LogP contribution in [-0.2, 0) is 13.0 Å². The number of amides is 1. The van der Waals surface area contributed by atoms with Gasteiger partial charge in [0.15, 0.2) is 0 Å². The van der Waals surface area contributed by atoms with Crippen molar-refractivity contribution in [2.45, 2.75) is 19.3 Å². The number of nitrogens with one attached hydrogen (secondary N) is 1. The molecule has 0 saturated heterocycles. The predicted molar refractivity (Wildman–Crippen MR) is 124 cm³/mol. The van der Waals surface area contributed by atoms with Gasteiger partial charge >= 0.3 is 6.36 Å². The SMILES string of the molecule is N#CCNc1ccc(Cl)cc1C(=O)N(CCc1ccc(F)cc1)Cc1ccc(OC(F)(F)F)cc1. The Hall–Kier alpha value is -3.77. The highest BCUT2D eigenvalue weighted by atomic mass is 35.5. The van der Waals surface area contributed by atoms with Crippen LogP contribution >= 0.6 is 11.6 Å². The molecule has 10 heteroatoms. The molecule has 182 valence electrons. The fraction of sp³-hybridized carbons (Fsp3) is 0.200. The molecule has 35 heavy (non-hydrogen) atoms. The standard InChI is InChI=1S/C25H20ClF4N3O2/c26-19-5-10-23(32-13-12-31)22(15-19)24(34)33(14-11-17-1-6-20(27)7-2-17)16-18-3-8-21(9-4-18)35-25(28,29)30/h1-10,15,32H,11,13-14,16H2. The summed E-state index contributed by atoms with van der Waals surface area (Å²) in [6, 6.07) is 17.7. The fourth-order valence-electron chi connectivity index (χ4n) is 3.34. The van der Waals surface area contributed by atoms with Crippen LogP contribution in [0.4, 0.5) is 23.2 Å². The summed E-state index contributed by atoms with van der Waals surface area (Å²) in [6.45, 7) is 0.282. The van der Waals surface area contributed by atoms with Gasteiger partial charge in [-0.15, -0.1) is 13.2 Å². The number of carbonyl (C=O) groups is 1. The number of halogens is 5. The zero-order valence-corrected chi connectivity index (χ0v) is 19.0. The molecule has 0 fully saturated rings. The summed E-state index contributed by atoms with van der Waals surface area (Å²) in [6.07, 6.45) is -4.40. The maximum absolute atomic E-state index is 13.5. The van der Waals surface area contributed by atoms with Crippen molar-refractivity contribution in [2.75, 3.05) is 18.4 Å². The molecular weight excluding hydrogens is 486 g/mol. The molecule has 5 nitrogen and oxygen atoms in total. The molecule has 0 unspecified atom stereocenters. The minimum atomic E-state index is -4.81. The smallest absolute Gasteiger partial charge is 0.406 e. The van der Waals surface area contributed by atoms with Gasteiger partial charge in [0.05, 0.1) is 11.6 Å². The van der Waals surface area contributed by atoms with Crippen LogP contribution in [0.2, 0.25) is 5.02 Å². The first-order chi connectivity index (χ1) is 16.6. The molecule has 0 spiro atoms. The van der Waals surface area contributed by atoms with Crippen molar-refractivity contribution in [3.63, 3.8) is 0 Å². The molecule has 1 N–H and O–H groups in total. The molecule has 0 aliphatic heterocycles. The van der Waals surface area contributed by atoms with Gasteiger partial charge < -0.3 is 15.0 Å². The van der Waals surface area contributed by atoms with E-state index in [4.69, 9.17) is 16.9 Å². The molecule has 0 aliphatic carbocycles. The minimum absolute atomic E-state index is 0.0296. The Labute approximate surface area is 204 Å². The van der Waals surface area contributed by atoms with Crippen LogP contribution in [0.25, 0.3) is 0 Å². The summed E-state index contributed by atoms with van der Waals surface area (Å²) >= 11 is 6.11. The maximum Gasteiger partial charge on any atom is 0.573 e. The minimum Gasteiger partial charge on any atom is -0.406 e. The van der Waals surface area contributed by atoms with Crippen LogP contribution in [0.5, 0.6) is 5.75 Å². The summed E-state index contributed by atoms with van der Waals surface area (Å²) in [7, 11) is 0. The number of ether oxygens (including phenoxy) is 1. The molecule has 3 aromatic carbocycles. The molecule has 0 heterocycles. The Balaban J connectivity index is 1.86. The first-order valence-electron chi connectivity index (χ1n) is 10.4. The van der Waals surface area contributed by atoms with Crippen LogP contribution in [0.15, 0.2) is 66.7 Å². The number of anilines is 1. The average molecular weight is 506 g/mol. The van der Waals surface area contributed by atoms with E-state index in [0.29, 0.717) is 22.7 Å². The highest BCUT2D eigenvalue weighted by molar-refractivity contribution is 6.31. The number of hydrogen-bond donors (Lipinski definition) is 1. The third-order valence-corrected chi connectivity index (χ3v) is 5.21. The maximum atomic E-state index is 13.5. The average Bonchev–Trinajstić information content (AvgIpc) is 2.81. The van der Waals surface area contributed by atoms with Gasteiger partial charge in [-0.25, -0.2) is 4.39 Å². The number of rotatable bonds is 9. The molecule has 0 aromatic heterocycles. The van der Waals surface area contributed by atoms with Crippen molar-refractivity contribution in [3.05, 3.63) is 94.3 Å². The Morgan fingerprint density at radius 1 is 1.03 bits per heavy atom. The number of alkyl halides is 3. The summed E-state index contributed by atoms with van der Waals surface area (Å²) in [5.74, 6) is -1.15. The lowest BCUT2D eigenvalue weighted by atomic mass is 10.1.